The zero-order valence-electron chi connectivity index (χ0n) is 11.4. The number of nitrogens with one attached hydrogen (secondary N) is 3. The van der Waals surface area contributed by atoms with Crippen LogP contribution in [0.2, 0.25) is 0 Å². The van der Waals surface area contributed by atoms with Gasteiger partial charge < -0.3 is 10.3 Å². The highest BCUT2D eigenvalue weighted by Crippen LogP contribution is 2.19. The van der Waals surface area contributed by atoms with Gasteiger partial charge in [-0.2, -0.15) is 5.16 Å². The number of hydroxylamine groups is 1. The molecule has 22 heavy (non-hydrogen) atoms. The molecule has 2 rings (SSSR count). The van der Waals surface area contributed by atoms with Gasteiger partial charge >= 0.3 is 0 Å². The van der Waals surface area contributed by atoms with Crippen LogP contribution >= 0.6 is 0 Å². The molecule has 0 radical (unpaired) electrons. The van der Waals surface area contributed by atoms with Crippen LogP contribution in [0.3, 0.4) is 0 Å². The lowest BCUT2D eigenvalue weighted by Crippen LogP contribution is -2.23. The van der Waals surface area contributed by atoms with E-state index < -0.39 is 11.5 Å². The molecule has 0 saturated carbocycles. The van der Waals surface area contributed by atoms with E-state index in [4.69, 9.17) is 20.9 Å². The minimum Gasteiger partial charge on any atom is -0.395 e. The summed E-state index contributed by atoms with van der Waals surface area (Å²) in [7, 11) is 0. The van der Waals surface area contributed by atoms with Gasteiger partial charge in [-0.1, -0.05) is 30.3 Å². The Balaban J connectivity index is 2.49. The Morgan fingerprint density at radius 2 is 2.05 bits per heavy atom. The van der Waals surface area contributed by atoms with Crippen LogP contribution in [0.4, 0.5) is 0 Å². The van der Waals surface area contributed by atoms with Crippen LogP contribution in [-0.2, 0) is 4.79 Å². The van der Waals surface area contributed by atoms with E-state index in [1.54, 1.807) is 30.3 Å². The predicted molar refractivity (Wildman–Crippen MR) is 78.3 cm³/mol. The molecule has 0 aliphatic rings. The van der Waals surface area contributed by atoms with Gasteiger partial charge in [0.15, 0.2) is 5.76 Å². The number of carbonyl (C=O) groups excluding carboxylic acids is 1. The summed E-state index contributed by atoms with van der Waals surface area (Å²) in [4.78, 5) is 22.6. The van der Waals surface area contributed by atoms with Crippen molar-refractivity contribution in [2.75, 3.05) is 0 Å². The molecule has 114 valence electrons. The van der Waals surface area contributed by atoms with E-state index in [2.05, 4.69) is 5.16 Å². The molecule has 8 heteroatoms. The standard InChI is InChI=1S/C14H14N4O4/c15-13(8-4-2-1-3-5-8)9(6-11(19)17-21)14(16)10-7-12(20)18-22-10/h1-5,7,15,21H,6,16H2,(H,17,19)(H,18,20). The van der Waals surface area contributed by atoms with E-state index in [1.165, 1.54) is 5.48 Å². The maximum atomic E-state index is 11.5. The van der Waals surface area contributed by atoms with Crippen molar-refractivity contribution in [3.05, 3.63) is 63.6 Å². The first-order valence-corrected chi connectivity index (χ1v) is 6.27. The highest BCUT2D eigenvalue weighted by molar-refractivity contribution is 6.16. The van der Waals surface area contributed by atoms with Gasteiger partial charge in [0.1, 0.15) is 0 Å². The molecule has 0 fully saturated rings. The van der Waals surface area contributed by atoms with Crippen LogP contribution in [0.15, 0.2) is 51.3 Å². The van der Waals surface area contributed by atoms with E-state index in [-0.39, 0.29) is 29.2 Å². The maximum absolute atomic E-state index is 11.5. The van der Waals surface area contributed by atoms with Gasteiger partial charge in [-0.05, 0) is 5.56 Å². The lowest BCUT2D eigenvalue weighted by Gasteiger charge is -2.11. The summed E-state index contributed by atoms with van der Waals surface area (Å²) in [5.41, 5.74) is 7.53. The molecule has 0 spiro atoms. The molecular formula is C14H14N4O4. The molecular weight excluding hydrogens is 288 g/mol. The minimum absolute atomic E-state index is 0.00875. The van der Waals surface area contributed by atoms with Crippen molar-refractivity contribution in [1.29, 1.82) is 5.41 Å². The lowest BCUT2D eigenvalue weighted by atomic mass is 9.97. The smallest absolute Gasteiger partial charge is 0.280 e. The fraction of sp³-hybridized carbons (Fsp3) is 0.0714. The lowest BCUT2D eigenvalue weighted by molar-refractivity contribution is -0.128. The molecule has 0 aliphatic heterocycles. The van der Waals surface area contributed by atoms with E-state index in [0.717, 1.165) is 6.07 Å². The van der Waals surface area contributed by atoms with E-state index in [0.29, 0.717) is 5.56 Å². The van der Waals surface area contributed by atoms with Crippen LogP contribution < -0.4 is 16.8 Å². The second-order valence-corrected chi connectivity index (χ2v) is 4.42. The number of hydrogen-bond donors (Lipinski definition) is 5. The fourth-order valence-corrected chi connectivity index (χ4v) is 1.86. The van der Waals surface area contributed by atoms with Crippen molar-refractivity contribution in [1.82, 2.24) is 10.6 Å². The van der Waals surface area contributed by atoms with Crippen molar-refractivity contribution >= 4 is 17.3 Å². The molecule has 1 aromatic heterocycles. The molecule has 6 N–H and O–H groups in total. The van der Waals surface area contributed by atoms with Crippen LogP contribution in [0, 0.1) is 5.41 Å². The van der Waals surface area contributed by atoms with Gasteiger partial charge in [0.2, 0.25) is 5.91 Å². The molecule has 1 heterocycles. The predicted octanol–water partition coefficient (Wildman–Crippen LogP) is 0.601. The number of amides is 1. The number of benzene rings is 1. The zero-order chi connectivity index (χ0) is 16.1. The second kappa shape index (κ2) is 6.55. The molecule has 0 saturated heterocycles. The molecule has 0 aliphatic carbocycles. The minimum atomic E-state index is -0.739. The molecule has 8 nitrogen and oxygen atoms in total. The number of hydrogen-bond acceptors (Lipinski definition) is 6. The first-order valence-electron chi connectivity index (χ1n) is 6.27. The maximum Gasteiger partial charge on any atom is 0.280 e. The van der Waals surface area contributed by atoms with Crippen LogP contribution in [-0.4, -0.2) is 22.0 Å². The summed E-state index contributed by atoms with van der Waals surface area (Å²) in [6.07, 6.45) is -0.342. The molecule has 1 amide bonds. The summed E-state index contributed by atoms with van der Waals surface area (Å²) >= 11 is 0. The Bertz CT molecular complexity index is 773. The van der Waals surface area contributed by atoms with Crippen molar-refractivity contribution in [2.24, 2.45) is 5.73 Å². The third-order valence-corrected chi connectivity index (χ3v) is 2.94. The third-order valence-electron chi connectivity index (χ3n) is 2.94. The highest BCUT2D eigenvalue weighted by atomic mass is 16.5. The molecule has 1 aromatic carbocycles. The first kappa shape index (κ1) is 15.3. The van der Waals surface area contributed by atoms with Crippen molar-refractivity contribution in [3.63, 3.8) is 0 Å². The summed E-state index contributed by atoms with van der Waals surface area (Å²) in [5.74, 6) is -0.720. The average molecular weight is 302 g/mol. The van der Waals surface area contributed by atoms with E-state index >= 15 is 0 Å². The van der Waals surface area contributed by atoms with E-state index in [9.17, 15) is 9.59 Å². The molecule has 0 unspecified atom stereocenters. The highest BCUT2D eigenvalue weighted by Gasteiger charge is 2.19. The number of aromatic nitrogens is 1. The summed E-state index contributed by atoms with van der Waals surface area (Å²) < 4.78 is 4.90. The van der Waals surface area contributed by atoms with Crippen LogP contribution in [0.25, 0.3) is 5.70 Å². The van der Waals surface area contributed by atoms with Crippen molar-refractivity contribution < 1.29 is 14.5 Å². The largest absolute Gasteiger partial charge is 0.395 e. The van der Waals surface area contributed by atoms with E-state index in [1.807, 2.05) is 0 Å². The summed E-state index contributed by atoms with van der Waals surface area (Å²) in [6.45, 7) is 0. The monoisotopic (exact) mass is 302 g/mol. The Kier molecular flexibility index (Phi) is 4.54. The SMILES string of the molecule is N=C(C(CC(=O)NO)=C(N)c1cc(=O)[nH]o1)c1ccccc1. The third kappa shape index (κ3) is 3.30. The molecule has 0 bridgehead atoms. The Labute approximate surface area is 124 Å². The average Bonchev–Trinajstić information content (AvgIpc) is 2.98. The number of H-pyrrole nitrogens is 1. The van der Waals surface area contributed by atoms with Gasteiger partial charge in [-0.25, -0.2) is 5.48 Å². The van der Waals surface area contributed by atoms with Crippen LogP contribution in [0.5, 0.6) is 0 Å². The summed E-state index contributed by atoms with van der Waals surface area (Å²) in [6, 6.07) is 9.74. The van der Waals surface area contributed by atoms with Gasteiger partial charge in [-0.3, -0.25) is 20.2 Å². The summed E-state index contributed by atoms with van der Waals surface area (Å²) in [5, 5.41) is 19.0. The number of rotatable bonds is 5. The van der Waals surface area contributed by atoms with Crippen molar-refractivity contribution in [2.45, 2.75) is 6.42 Å². The Morgan fingerprint density at radius 1 is 1.36 bits per heavy atom. The molecule has 0 atom stereocenters. The Morgan fingerprint density at radius 3 is 2.59 bits per heavy atom. The quantitative estimate of drug-likeness (QED) is 0.312. The zero-order valence-corrected chi connectivity index (χ0v) is 11.4. The topological polar surface area (TPSA) is 145 Å². The van der Waals surface area contributed by atoms with Gasteiger partial charge in [0.25, 0.3) is 5.56 Å². The fourth-order valence-electron chi connectivity index (χ4n) is 1.86. The normalized spacial score (nSPS) is 11.7. The second-order valence-electron chi connectivity index (χ2n) is 4.42. The van der Waals surface area contributed by atoms with Gasteiger partial charge in [-0.15, -0.1) is 0 Å². The first-order chi connectivity index (χ1) is 10.5. The van der Waals surface area contributed by atoms with Gasteiger partial charge in [0.05, 0.1) is 23.9 Å². The van der Waals surface area contributed by atoms with Gasteiger partial charge in [0, 0.05) is 5.57 Å². The van der Waals surface area contributed by atoms with Crippen LogP contribution in [0.1, 0.15) is 17.7 Å². The molecule has 2 aromatic rings. The Hall–Kier alpha value is -3.13. The number of nitrogens with two attached hydrogens (primary N) is 1. The number of aromatic amines is 1. The number of carbonyl (C=O) groups is 1. The van der Waals surface area contributed by atoms with Crippen molar-refractivity contribution in [3.8, 4) is 0 Å².